The molecule has 1 aliphatic heterocycles. The molecule has 0 amide bonds. The van der Waals surface area contributed by atoms with Gasteiger partial charge in [0.1, 0.15) is 17.8 Å². The number of aromatic nitrogens is 7. The summed E-state index contributed by atoms with van der Waals surface area (Å²) in [6.45, 7) is 6.51. The Morgan fingerprint density at radius 2 is 1.90 bits per heavy atom. The van der Waals surface area contributed by atoms with E-state index in [4.69, 9.17) is 4.98 Å². The molecular weight excluding hydrogens is 364 g/mol. The Bertz CT molecular complexity index is 1140. The van der Waals surface area contributed by atoms with E-state index in [9.17, 15) is 0 Å². The lowest BCUT2D eigenvalue weighted by atomic mass is 10.1. The van der Waals surface area contributed by atoms with Crippen LogP contribution >= 0.6 is 0 Å². The lowest BCUT2D eigenvalue weighted by molar-refractivity contribution is 0.497. The fourth-order valence-corrected chi connectivity index (χ4v) is 4.01. The van der Waals surface area contributed by atoms with Gasteiger partial charge in [0.25, 0.3) is 0 Å². The Kier molecular flexibility index (Phi) is 4.12. The predicted octanol–water partition coefficient (Wildman–Crippen LogP) is 3.59. The SMILES string of the molecule is CCC1c2nncn2-c2cnc(-n3ccnc3-c3ccccc3)nc2N1C(C)C. The van der Waals surface area contributed by atoms with Crippen LogP contribution in [0.2, 0.25) is 0 Å². The highest BCUT2D eigenvalue weighted by Gasteiger charge is 2.35. The largest absolute Gasteiger partial charge is 0.342 e. The predicted molar refractivity (Wildman–Crippen MR) is 110 cm³/mol. The highest BCUT2D eigenvalue weighted by atomic mass is 15.4. The first-order chi connectivity index (χ1) is 14.2. The van der Waals surface area contributed by atoms with Crippen molar-refractivity contribution in [2.45, 2.75) is 39.3 Å². The Morgan fingerprint density at radius 1 is 1.07 bits per heavy atom. The average Bonchev–Trinajstić information content (AvgIpc) is 3.42. The van der Waals surface area contributed by atoms with Gasteiger partial charge in [-0.2, -0.15) is 4.98 Å². The standard InChI is InChI=1S/C21H22N8/c1-4-16-20-26-24-13-28(20)17-12-23-21(25-19(17)29(16)14(2)3)27-11-10-22-18(27)15-8-6-5-7-9-15/h5-14,16H,4H2,1-3H3. The fourth-order valence-electron chi connectivity index (χ4n) is 4.01. The second kappa shape index (κ2) is 6.80. The molecule has 146 valence electrons. The normalized spacial score (nSPS) is 15.4. The fraction of sp³-hybridized carbons (Fsp3) is 0.286. The van der Waals surface area contributed by atoms with E-state index >= 15 is 0 Å². The molecule has 3 aromatic heterocycles. The van der Waals surface area contributed by atoms with E-state index in [1.807, 2.05) is 51.9 Å². The van der Waals surface area contributed by atoms with Crippen molar-refractivity contribution in [1.29, 1.82) is 0 Å². The third-order valence-corrected chi connectivity index (χ3v) is 5.28. The van der Waals surface area contributed by atoms with Gasteiger partial charge in [-0.1, -0.05) is 37.3 Å². The molecule has 0 fully saturated rings. The molecule has 8 nitrogen and oxygen atoms in total. The van der Waals surface area contributed by atoms with Crippen LogP contribution in [0.4, 0.5) is 5.82 Å². The van der Waals surface area contributed by atoms with E-state index in [2.05, 4.69) is 45.8 Å². The lowest BCUT2D eigenvalue weighted by Gasteiger charge is -2.39. The molecule has 4 aromatic rings. The van der Waals surface area contributed by atoms with Gasteiger partial charge in [-0.15, -0.1) is 10.2 Å². The van der Waals surface area contributed by atoms with Gasteiger partial charge < -0.3 is 4.90 Å². The van der Waals surface area contributed by atoms with Crippen LogP contribution in [-0.2, 0) is 0 Å². The van der Waals surface area contributed by atoms with Gasteiger partial charge in [-0.25, -0.2) is 9.97 Å². The zero-order valence-electron chi connectivity index (χ0n) is 16.6. The summed E-state index contributed by atoms with van der Waals surface area (Å²) in [5.41, 5.74) is 1.92. The number of fused-ring (bicyclic) bond motifs is 3. The summed E-state index contributed by atoms with van der Waals surface area (Å²) in [7, 11) is 0. The molecule has 1 aromatic carbocycles. The lowest BCUT2D eigenvalue weighted by Crippen LogP contribution is -2.40. The summed E-state index contributed by atoms with van der Waals surface area (Å²) < 4.78 is 3.93. The summed E-state index contributed by atoms with van der Waals surface area (Å²) in [5.74, 6) is 3.22. The number of imidazole rings is 1. The highest BCUT2D eigenvalue weighted by molar-refractivity contribution is 5.63. The first-order valence-electron chi connectivity index (χ1n) is 9.83. The maximum atomic E-state index is 4.98. The minimum atomic E-state index is 0.115. The number of benzene rings is 1. The highest BCUT2D eigenvalue weighted by Crippen LogP contribution is 2.39. The number of hydrogen-bond donors (Lipinski definition) is 0. The molecular formula is C21H22N8. The van der Waals surface area contributed by atoms with Crippen LogP contribution in [0.3, 0.4) is 0 Å². The maximum Gasteiger partial charge on any atom is 0.237 e. The van der Waals surface area contributed by atoms with Crippen LogP contribution in [-0.4, -0.2) is 40.3 Å². The summed E-state index contributed by atoms with van der Waals surface area (Å²) in [5, 5.41) is 8.50. The van der Waals surface area contributed by atoms with Crippen LogP contribution < -0.4 is 4.90 Å². The Balaban J connectivity index is 1.68. The van der Waals surface area contributed by atoms with Crippen molar-refractivity contribution >= 4 is 5.82 Å². The number of nitrogens with zero attached hydrogens (tertiary/aromatic N) is 8. The molecule has 0 aliphatic carbocycles. The second-order valence-electron chi connectivity index (χ2n) is 7.35. The molecule has 0 bridgehead atoms. The van der Waals surface area contributed by atoms with E-state index in [0.29, 0.717) is 5.95 Å². The first kappa shape index (κ1) is 17.5. The van der Waals surface area contributed by atoms with E-state index in [1.54, 1.807) is 12.5 Å². The van der Waals surface area contributed by atoms with Crippen molar-refractivity contribution in [2.75, 3.05) is 4.90 Å². The molecule has 4 heterocycles. The van der Waals surface area contributed by atoms with Crippen molar-refractivity contribution in [2.24, 2.45) is 0 Å². The zero-order valence-corrected chi connectivity index (χ0v) is 16.6. The van der Waals surface area contributed by atoms with Crippen molar-refractivity contribution in [3.8, 4) is 23.0 Å². The van der Waals surface area contributed by atoms with E-state index in [0.717, 1.165) is 35.1 Å². The van der Waals surface area contributed by atoms with Gasteiger partial charge in [0.15, 0.2) is 11.6 Å². The summed E-state index contributed by atoms with van der Waals surface area (Å²) in [6, 6.07) is 10.4. The molecule has 0 N–H and O–H groups in total. The molecule has 0 saturated carbocycles. The topological polar surface area (TPSA) is 77.5 Å². The van der Waals surface area contributed by atoms with Crippen LogP contribution in [0.1, 0.15) is 39.1 Å². The van der Waals surface area contributed by atoms with Crippen LogP contribution in [0.5, 0.6) is 0 Å². The minimum absolute atomic E-state index is 0.115. The van der Waals surface area contributed by atoms with E-state index in [-0.39, 0.29) is 12.1 Å². The molecule has 8 heteroatoms. The van der Waals surface area contributed by atoms with Gasteiger partial charge in [-0.05, 0) is 20.3 Å². The third kappa shape index (κ3) is 2.71. The maximum absolute atomic E-state index is 4.98. The van der Waals surface area contributed by atoms with Crippen LogP contribution in [0, 0.1) is 0 Å². The molecule has 0 radical (unpaired) electrons. The molecule has 1 aliphatic rings. The van der Waals surface area contributed by atoms with Gasteiger partial charge in [0.2, 0.25) is 5.95 Å². The van der Waals surface area contributed by atoms with Gasteiger partial charge >= 0.3 is 0 Å². The number of hydrogen-bond acceptors (Lipinski definition) is 6. The zero-order chi connectivity index (χ0) is 20.0. The summed E-state index contributed by atoms with van der Waals surface area (Å²) >= 11 is 0. The molecule has 1 unspecified atom stereocenters. The number of anilines is 1. The molecule has 5 rings (SSSR count). The van der Waals surface area contributed by atoms with Crippen LogP contribution in [0.25, 0.3) is 23.0 Å². The molecule has 0 spiro atoms. The molecule has 1 atom stereocenters. The molecule has 29 heavy (non-hydrogen) atoms. The van der Waals surface area contributed by atoms with E-state index in [1.165, 1.54) is 0 Å². The second-order valence-corrected chi connectivity index (χ2v) is 7.35. The third-order valence-electron chi connectivity index (χ3n) is 5.28. The Morgan fingerprint density at radius 3 is 2.66 bits per heavy atom. The van der Waals surface area contributed by atoms with Crippen molar-refractivity contribution in [1.82, 2.24) is 34.3 Å². The van der Waals surface area contributed by atoms with Gasteiger partial charge in [-0.3, -0.25) is 9.13 Å². The van der Waals surface area contributed by atoms with Gasteiger partial charge in [0.05, 0.1) is 12.2 Å². The Labute approximate surface area is 168 Å². The van der Waals surface area contributed by atoms with Crippen molar-refractivity contribution in [3.63, 3.8) is 0 Å². The first-order valence-corrected chi connectivity index (χ1v) is 9.83. The monoisotopic (exact) mass is 386 g/mol. The van der Waals surface area contributed by atoms with Crippen molar-refractivity contribution in [3.05, 3.63) is 61.1 Å². The number of rotatable bonds is 4. The van der Waals surface area contributed by atoms with Gasteiger partial charge in [0, 0.05) is 24.0 Å². The quantitative estimate of drug-likeness (QED) is 0.533. The minimum Gasteiger partial charge on any atom is -0.342 e. The molecule has 0 saturated heterocycles. The van der Waals surface area contributed by atoms with Crippen LogP contribution in [0.15, 0.2) is 55.2 Å². The Hall–Kier alpha value is -3.55. The van der Waals surface area contributed by atoms with Crippen molar-refractivity contribution < 1.29 is 0 Å². The average molecular weight is 386 g/mol. The summed E-state index contributed by atoms with van der Waals surface area (Å²) in [6.07, 6.45) is 8.17. The smallest absolute Gasteiger partial charge is 0.237 e. The van der Waals surface area contributed by atoms with E-state index < -0.39 is 0 Å². The summed E-state index contributed by atoms with van der Waals surface area (Å²) in [4.78, 5) is 16.5.